The Balaban J connectivity index is 2.71. The normalized spacial score (nSPS) is 21.3. The van der Waals surface area contributed by atoms with Crippen LogP contribution in [0, 0.1) is 11.3 Å². The van der Waals surface area contributed by atoms with Crippen molar-refractivity contribution in [3.05, 3.63) is 0 Å². The zero-order valence-electron chi connectivity index (χ0n) is 11.0. The van der Waals surface area contributed by atoms with Crippen LogP contribution in [-0.2, 0) is 9.59 Å². The van der Waals surface area contributed by atoms with Crippen LogP contribution in [-0.4, -0.2) is 35.6 Å². The number of nitrogens with one attached hydrogen (secondary N) is 2. The lowest BCUT2D eigenvalue weighted by molar-refractivity contribution is -0.152. The van der Waals surface area contributed by atoms with Crippen LogP contribution in [0.25, 0.3) is 0 Å². The van der Waals surface area contributed by atoms with E-state index in [9.17, 15) is 14.7 Å². The van der Waals surface area contributed by atoms with Gasteiger partial charge in [-0.15, -0.1) is 0 Å². The molecule has 1 unspecified atom stereocenters. The number of hydrogen-bond acceptors (Lipinski definition) is 3. The maximum atomic E-state index is 12.0. The monoisotopic (exact) mass is 242 g/mol. The minimum Gasteiger partial charge on any atom is -0.481 e. The molecule has 1 aliphatic rings. The van der Waals surface area contributed by atoms with Crippen LogP contribution in [0.4, 0.5) is 0 Å². The minimum atomic E-state index is -1.01. The van der Waals surface area contributed by atoms with E-state index in [0.29, 0.717) is 6.54 Å². The van der Waals surface area contributed by atoms with E-state index in [1.165, 1.54) is 0 Å². The third-order valence-electron chi connectivity index (χ3n) is 3.96. The first-order valence-corrected chi connectivity index (χ1v) is 5.94. The molecule has 1 aliphatic heterocycles. The first-order valence-electron chi connectivity index (χ1n) is 5.94. The minimum absolute atomic E-state index is 0.0427. The average molecular weight is 242 g/mol. The molecule has 3 N–H and O–H groups in total. The number of rotatable bonds is 4. The molecule has 0 aromatic carbocycles. The topological polar surface area (TPSA) is 78.4 Å². The molecule has 17 heavy (non-hydrogen) atoms. The molecule has 0 radical (unpaired) electrons. The lowest BCUT2D eigenvalue weighted by Crippen LogP contribution is -2.58. The van der Waals surface area contributed by atoms with Crippen LogP contribution in [0.3, 0.4) is 0 Å². The van der Waals surface area contributed by atoms with Gasteiger partial charge in [-0.2, -0.15) is 0 Å². The molecule has 0 aliphatic carbocycles. The second-order valence-electron chi connectivity index (χ2n) is 5.73. The van der Waals surface area contributed by atoms with Crippen molar-refractivity contribution in [3.8, 4) is 0 Å². The van der Waals surface area contributed by atoms with Crippen LogP contribution < -0.4 is 10.6 Å². The van der Waals surface area contributed by atoms with Gasteiger partial charge in [0.25, 0.3) is 0 Å². The van der Waals surface area contributed by atoms with Gasteiger partial charge in [0.15, 0.2) is 0 Å². The van der Waals surface area contributed by atoms with Gasteiger partial charge in [-0.05, 0) is 40.7 Å². The zero-order valence-corrected chi connectivity index (χ0v) is 11.0. The van der Waals surface area contributed by atoms with Crippen molar-refractivity contribution in [1.29, 1.82) is 0 Å². The molecule has 1 amide bonds. The Labute approximate surface area is 102 Å². The fourth-order valence-corrected chi connectivity index (χ4v) is 1.71. The van der Waals surface area contributed by atoms with Gasteiger partial charge in [0.1, 0.15) is 0 Å². The van der Waals surface area contributed by atoms with Gasteiger partial charge in [0.2, 0.25) is 5.91 Å². The molecule has 1 atom stereocenters. The predicted molar refractivity (Wildman–Crippen MR) is 64.6 cm³/mol. The smallest absolute Gasteiger partial charge is 0.311 e. The molecule has 1 fully saturated rings. The van der Waals surface area contributed by atoms with Gasteiger partial charge >= 0.3 is 5.97 Å². The second-order valence-corrected chi connectivity index (χ2v) is 5.73. The summed E-state index contributed by atoms with van der Waals surface area (Å²) < 4.78 is 0. The number of carboxylic acids is 1. The summed E-state index contributed by atoms with van der Waals surface area (Å²) in [5.41, 5.74) is -1.78. The first kappa shape index (κ1) is 14.0. The van der Waals surface area contributed by atoms with E-state index in [1.54, 1.807) is 27.7 Å². The van der Waals surface area contributed by atoms with Crippen LogP contribution >= 0.6 is 0 Å². The van der Waals surface area contributed by atoms with E-state index in [-0.39, 0.29) is 11.8 Å². The molecule has 0 aromatic heterocycles. The quantitative estimate of drug-likeness (QED) is 0.674. The summed E-state index contributed by atoms with van der Waals surface area (Å²) >= 11 is 0. The lowest BCUT2D eigenvalue weighted by Gasteiger charge is -2.39. The van der Waals surface area contributed by atoms with Gasteiger partial charge in [-0.1, -0.05) is 0 Å². The highest BCUT2D eigenvalue weighted by Crippen LogP contribution is 2.31. The van der Waals surface area contributed by atoms with E-state index in [2.05, 4.69) is 10.6 Å². The predicted octanol–water partition coefficient (Wildman–Crippen LogP) is 0.601. The van der Waals surface area contributed by atoms with Crippen molar-refractivity contribution < 1.29 is 14.7 Å². The zero-order chi connectivity index (χ0) is 13.3. The highest BCUT2D eigenvalue weighted by atomic mass is 16.4. The molecule has 1 rings (SSSR count). The van der Waals surface area contributed by atoms with Crippen molar-refractivity contribution in [2.45, 2.75) is 39.7 Å². The largest absolute Gasteiger partial charge is 0.481 e. The molecule has 5 heteroatoms. The summed E-state index contributed by atoms with van der Waals surface area (Å²) in [6, 6.07) is 0. The number of hydrogen-bond donors (Lipinski definition) is 3. The average Bonchev–Trinajstić information content (AvgIpc) is 2.68. The molecule has 1 saturated heterocycles. The maximum absolute atomic E-state index is 12.0. The third-order valence-corrected chi connectivity index (χ3v) is 3.96. The van der Waals surface area contributed by atoms with E-state index >= 15 is 0 Å². The van der Waals surface area contributed by atoms with Crippen molar-refractivity contribution >= 4 is 11.9 Å². The van der Waals surface area contributed by atoms with Gasteiger partial charge in [-0.3, -0.25) is 9.59 Å². The molecule has 98 valence electrons. The maximum Gasteiger partial charge on any atom is 0.311 e. The SMILES string of the molecule is CC(C)(NC(=O)C1CCNC1)C(C)(C)C(=O)O. The molecule has 0 bridgehead atoms. The van der Waals surface area contributed by atoms with Crippen molar-refractivity contribution in [2.75, 3.05) is 13.1 Å². The fourth-order valence-electron chi connectivity index (χ4n) is 1.71. The van der Waals surface area contributed by atoms with E-state index in [1.807, 2.05) is 0 Å². The molecular formula is C12H22N2O3. The summed E-state index contributed by atoms with van der Waals surface area (Å²) in [4.78, 5) is 23.2. The number of carboxylic acid groups (broad SMARTS) is 1. The Kier molecular flexibility index (Phi) is 3.81. The molecule has 0 spiro atoms. The molecule has 0 saturated carbocycles. The molecule has 5 nitrogen and oxygen atoms in total. The Morgan fingerprint density at radius 3 is 2.29 bits per heavy atom. The number of amides is 1. The second kappa shape index (κ2) is 4.64. The number of aliphatic carboxylic acids is 1. The van der Waals surface area contributed by atoms with Crippen molar-refractivity contribution in [2.24, 2.45) is 11.3 Å². The molecule has 1 heterocycles. The Hall–Kier alpha value is -1.10. The Morgan fingerprint density at radius 1 is 1.29 bits per heavy atom. The van der Waals surface area contributed by atoms with Crippen molar-refractivity contribution in [1.82, 2.24) is 10.6 Å². The summed E-state index contributed by atoms with van der Waals surface area (Å²) in [6.45, 7) is 8.28. The summed E-state index contributed by atoms with van der Waals surface area (Å²) in [5.74, 6) is -1.01. The van der Waals surface area contributed by atoms with E-state index in [0.717, 1.165) is 13.0 Å². The van der Waals surface area contributed by atoms with E-state index in [4.69, 9.17) is 0 Å². The van der Waals surface area contributed by atoms with Crippen LogP contribution in [0.15, 0.2) is 0 Å². The Bertz CT molecular complexity index is 318. The first-order chi connectivity index (χ1) is 7.68. The van der Waals surface area contributed by atoms with Gasteiger partial charge in [0, 0.05) is 12.1 Å². The Morgan fingerprint density at radius 2 is 1.88 bits per heavy atom. The number of carbonyl (C=O) groups is 2. The van der Waals surface area contributed by atoms with Crippen molar-refractivity contribution in [3.63, 3.8) is 0 Å². The highest BCUT2D eigenvalue weighted by Gasteiger charge is 2.45. The molecule has 0 aromatic rings. The summed E-state index contributed by atoms with van der Waals surface area (Å²) in [6.07, 6.45) is 0.815. The highest BCUT2D eigenvalue weighted by molar-refractivity contribution is 5.82. The molecular weight excluding hydrogens is 220 g/mol. The third kappa shape index (κ3) is 2.77. The fraction of sp³-hybridized carbons (Fsp3) is 0.833. The lowest BCUT2D eigenvalue weighted by atomic mass is 9.74. The number of carbonyl (C=O) groups excluding carboxylic acids is 1. The standard InChI is InChI=1S/C12H22N2O3/c1-11(2,10(16)17)12(3,4)14-9(15)8-5-6-13-7-8/h8,13H,5-7H2,1-4H3,(H,14,15)(H,16,17). The van der Waals surface area contributed by atoms with Crippen LogP contribution in [0.1, 0.15) is 34.1 Å². The van der Waals surface area contributed by atoms with Crippen LogP contribution in [0.5, 0.6) is 0 Å². The van der Waals surface area contributed by atoms with Gasteiger partial charge < -0.3 is 15.7 Å². The van der Waals surface area contributed by atoms with Gasteiger partial charge in [0.05, 0.1) is 11.3 Å². The van der Waals surface area contributed by atoms with E-state index < -0.39 is 16.9 Å². The van der Waals surface area contributed by atoms with Crippen LogP contribution in [0.2, 0.25) is 0 Å². The van der Waals surface area contributed by atoms with Gasteiger partial charge in [-0.25, -0.2) is 0 Å². The summed E-state index contributed by atoms with van der Waals surface area (Å²) in [7, 11) is 0. The summed E-state index contributed by atoms with van der Waals surface area (Å²) in [5, 5.41) is 15.2.